The molecule has 2 atom stereocenters. The van der Waals surface area contributed by atoms with Gasteiger partial charge in [-0.25, -0.2) is 0 Å². The summed E-state index contributed by atoms with van der Waals surface area (Å²) in [7, 11) is 5.92. The second-order valence-electron chi connectivity index (χ2n) is 24.4. The van der Waals surface area contributed by atoms with Gasteiger partial charge in [-0.15, -0.1) is 0 Å². The van der Waals surface area contributed by atoms with Gasteiger partial charge >= 0.3 is 11.9 Å². The summed E-state index contributed by atoms with van der Waals surface area (Å²) in [6.45, 7) is 4.64. The number of carbonyl (C=O) groups is 3. The minimum absolute atomic E-state index is 0.140. The van der Waals surface area contributed by atoms with Gasteiger partial charge in [0.15, 0.2) is 12.4 Å². The summed E-state index contributed by atoms with van der Waals surface area (Å²) in [6, 6.07) is 0. The molecule has 0 spiro atoms. The Hall–Kier alpha value is -4.31. The van der Waals surface area contributed by atoms with Crippen molar-refractivity contribution in [1.29, 1.82) is 0 Å². The Bertz CT molecular complexity index is 1830. The molecule has 0 heterocycles. The van der Waals surface area contributed by atoms with Crippen molar-refractivity contribution in [3.63, 3.8) is 0 Å². The normalized spacial score (nSPS) is 13.5. The molecule has 0 amide bonds. The van der Waals surface area contributed by atoms with Crippen molar-refractivity contribution in [3.8, 4) is 0 Å². The number of aliphatic carboxylic acids is 1. The Morgan fingerprint density at radius 3 is 0.988 bits per heavy atom. The third-order valence-electron chi connectivity index (χ3n) is 15.0. The van der Waals surface area contributed by atoms with E-state index in [4.69, 9.17) is 18.9 Å². The van der Waals surface area contributed by atoms with E-state index in [1.54, 1.807) is 0 Å². The van der Waals surface area contributed by atoms with Crippen LogP contribution in [-0.2, 0) is 33.3 Å². The largest absolute Gasteiger partial charge is 0.545 e. The molecule has 0 aliphatic heterocycles. The van der Waals surface area contributed by atoms with Crippen LogP contribution in [0.4, 0.5) is 0 Å². The van der Waals surface area contributed by atoms with Crippen LogP contribution in [-0.4, -0.2) is 82.3 Å². The Labute approximate surface area is 529 Å². The smallest absolute Gasteiger partial charge is 0.306 e. The van der Waals surface area contributed by atoms with Crippen LogP contribution in [0, 0.1) is 0 Å². The van der Waals surface area contributed by atoms with Gasteiger partial charge in [0, 0.05) is 12.8 Å². The van der Waals surface area contributed by atoms with Crippen LogP contribution in [0.5, 0.6) is 0 Å². The zero-order chi connectivity index (χ0) is 62.6. The van der Waals surface area contributed by atoms with Gasteiger partial charge in [-0.05, 0) is 89.9 Å². The second kappa shape index (κ2) is 66.6. The molecule has 0 aromatic carbocycles. The number of hydrogen-bond acceptors (Lipinski definition) is 8. The number of hydrogen-bond donors (Lipinski definition) is 0. The van der Waals surface area contributed by atoms with Crippen LogP contribution in [0.25, 0.3) is 0 Å². The standard InChI is InChI=1S/C77H131NO8/c1-6-8-10-12-14-16-18-20-22-24-26-28-30-32-33-34-35-36-37-38-39-40-41-42-43-44-46-48-50-52-54-56-58-60-62-64-66-68-75(80)86-73(72-85-77(76(81)82)83-70-69-78(3,4)5)71-84-74(79)67-65-63-61-59-57-55-53-51-49-47-45-31-29-27-25-23-21-19-17-15-13-11-9-7-2/h8,10,14,16,20,22,26,28,32-33,35-36,38-39,41-42,44,46,50,52,73,77H,6-7,9,11-13,15,17-19,21,23-25,27,29-31,34,37,40,43,45,47-49,51,53-72H2,1-5H3/b10-8-,16-14-,22-20-,28-26-,33-32-,36-35-,39-38-,42-41-,46-44-,52-50-. The summed E-state index contributed by atoms with van der Waals surface area (Å²) >= 11 is 0. The van der Waals surface area contributed by atoms with Crippen molar-refractivity contribution in [2.24, 2.45) is 0 Å². The third-order valence-corrected chi connectivity index (χ3v) is 15.0. The van der Waals surface area contributed by atoms with Crippen molar-refractivity contribution in [2.45, 2.75) is 302 Å². The molecule has 0 aliphatic carbocycles. The predicted octanol–water partition coefficient (Wildman–Crippen LogP) is 20.6. The lowest BCUT2D eigenvalue weighted by Crippen LogP contribution is -2.44. The molecule has 0 aromatic heterocycles. The SMILES string of the molecule is CC/C=C\C/C=C\C/C=C\C/C=C\C/C=C\C/C=C\C/C=C\C/C=C\C/C=C\C/C=C\CCCCCCCCC(=O)OC(COC(=O)CCCCCCCCCCCCCCCCCCCCCCCCCC)COC(OCC[N+](C)(C)C)C(=O)[O-]. The third kappa shape index (κ3) is 67.2. The number of esters is 2. The minimum atomic E-state index is -1.63. The van der Waals surface area contributed by atoms with E-state index >= 15 is 0 Å². The van der Waals surface area contributed by atoms with Crippen molar-refractivity contribution in [1.82, 2.24) is 0 Å². The van der Waals surface area contributed by atoms with Crippen LogP contribution < -0.4 is 5.11 Å². The molecule has 0 radical (unpaired) electrons. The number of likely N-dealkylation sites (N-methyl/N-ethyl adjacent to an activating group) is 1. The fourth-order valence-corrected chi connectivity index (χ4v) is 9.63. The predicted molar refractivity (Wildman–Crippen MR) is 366 cm³/mol. The molecule has 0 aliphatic rings. The summed E-state index contributed by atoms with van der Waals surface area (Å²) in [6.07, 6.45) is 91.3. The number of carbonyl (C=O) groups excluding carboxylic acids is 3. The fraction of sp³-hybridized carbons (Fsp3) is 0.701. The summed E-state index contributed by atoms with van der Waals surface area (Å²) in [5.74, 6) is -2.30. The number of allylic oxidation sites excluding steroid dienone is 20. The Balaban J connectivity index is 4.20. The maximum absolute atomic E-state index is 12.9. The van der Waals surface area contributed by atoms with Gasteiger partial charge in [-0.3, -0.25) is 9.59 Å². The van der Waals surface area contributed by atoms with E-state index in [0.717, 1.165) is 122 Å². The van der Waals surface area contributed by atoms with E-state index in [1.807, 2.05) is 21.1 Å². The van der Waals surface area contributed by atoms with Gasteiger partial charge < -0.3 is 33.3 Å². The number of carboxylic acid groups (broad SMARTS) is 1. The molecule has 86 heavy (non-hydrogen) atoms. The van der Waals surface area contributed by atoms with Crippen molar-refractivity contribution < 1.29 is 42.9 Å². The van der Waals surface area contributed by atoms with E-state index < -0.39 is 24.3 Å². The molecule has 9 heteroatoms. The van der Waals surface area contributed by atoms with Crippen LogP contribution in [0.3, 0.4) is 0 Å². The number of carboxylic acids is 1. The highest BCUT2D eigenvalue weighted by Gasteiger charge is 2.22. The molecule has 0 saturated carbocycles. The Morgan fingerprint density at radius 1 is 0.360 bits per heavy atom. The average molecular weight is 1200 g/mol. The molecule has 0 bridgehead atoms. The molecule has 0 aromatic rings. The highest BCUT2D eigenvalue weighted by Crippen LogP contribution is 2.17. The van der Waals surface area contributed by atoms with E-state index in [0.29, 0.717) is 17.4 Å². The first kappa shape index (κ1) is 81.7. The highest BCUT2D eigenvalue weighted by molar-refractivity contribution is 5.70. The lowest BCUT2D eigenvalue weighted by atomic mass is 10.0. The molecule has 0 N–H and O–H groups in total. The molecule has 2 unspecified atom stereocenters. The highest BCUT2D eigenvalue weighted by atomic mass is 16.7. The van der Waals surface area contributed by atoms with E-state index in [9.17, 15) is 19.5 Å². The van der Waals surface area contributed by atoms with Gasteiger partial charge in [0.25, 0.3) is 0 Å². The maximum Gasteiger partial charge on any atom is 0.306 e. The monoisotopic (exact) mass is 1200 g/mol. The van der Waals surface area contributed by atoms with Crippen LogP contribution in [0.1, 0.15) is 290 Å². The van der Waals surface area contributed by atoms with Crippen LogP contribution >= 0.6 is 0 Å². The van der Waals surface area contributed by atoms with E-state index in [2.05, 4.69) is 135 Å². The lowest BCUT2D eigenvalue weighted by Gasteiger charge is -2.26. The molecule has 0 fully saturated rings. The first-order valence-corrected chi connectivity index (χ1v) is 35.2. The first-order chi connectivity index (χ1) is 42.1. The fourth-order valence-electron chi connectivity index (χ4n) is 9.63. The van der Waals surface area contributed by atoms with Crippen molar-refractivity contribution >= 4 is 17.9 Å². The maximum atomic E-state index is 12.9. The zero-order valence-electron chi connectivity index (χ0n) is 56.1. The van der Waals surface area contributed by atoms with Crippen LogP contribution in [0.2, 0.25) is 0 Å². The first-order valence-electron chi connectivity index (χ1n) is 35.2. The quantitative estimate of drug-likeness (QED) is 0.0195. The minimum Gasteiger partial charge on any atom is -0.545 e. The van der Waals surface area contributed by atoms with E-state index in [1.165, 1.54) is 135 Å². The van der Waals surface area contributed by atoms with E-state index in [-0.39, 0.29) is 38.6 Å². The molecular weight excluding hydrogens is 1070 g/mol. The number of unbranched alkanes of at least 4 members (excludes halogenated alkanes) is 29. The van der Waals surface area contributed by atoms with Gasteiger partial charge in [-0.2, -0.15) is 0 Å². The second-order valence-corrected chi connectivity index (χ2v) is 24.4. The summed E-state index contributed by atoms with van der Waals surface area (Å²) in [5.41, 5.74) is 0. The number of rotatable bonds is 64. The van der Waals surface area contributed by atoms with Crippen molar-refractivity contribution in [2.75, 3.05) is 47.5 Å². The summed E-state index contributed by atoms with van der Waals surface area (Å²) in [4.78, 5) is 37.5. The summed E-state index contributed by atoms with van der Waals surface area (Å²) < 4.78 is 22.8. The molecule has 0 rings (SSSR count). The topological polar surface area (TPSA) is 111 Å². The summed E-state index contributed by atoms with van der Waals surface area (Å²) in [5, 5.41) is 11.8. The number of quaternary nitrogens is 1. The lowest BCUT2D eigenvalue weighted by molar-refractivity contribution is -0.870. The number of ether oxygens (including phenoxy) is 4. The Morgan fingerprint density at radius 2 is 0.663 bits per heavy atom. The molecule has 0 saturated heterocycles. The van der Waals surface area contributed by atoms with Crippen LogP contribution in [0.15, 0.2) is 122 Å². The number of nitrogens with zero attached hydrogens (tertiary/aromatic N) is 1. The molecule has 9 nitrogen and oxygen atoms in total. The molecular formula is C77H131NO8. The van der Waals surface area contributed by atoms with Crippen molar-refractivity contribution in [3.05, 3.63) is 122 Å². The Kier molecular flexibility index (Phi) is 63.3. The van der Waals surface area contributed by atoms with Gasteiger partial charge in [-0.1, -0.05) is 309 Å². The average Bonchev–Trinajstić information content (AvgIpc) is 3.64. The molecule has 492 valence electrons. The van der Waals surface area contributed by atoms with Gasteiger partial charge in [0.2, 0.25) is 0 Å². The van der Waals surface area contributed by atoms with Gasteiger partial charge in [0.1, 0.15) is 13.2 Å². The zero-order valence-corrected chi connectivity index (χ0v) is 56.1. The van der Waals surface area contributed by atoms with Gasteiger partial charge in [0.05, 0.1) is 40.3 Å².